The van der Waals surface area contributed by atoms with Gasteiger partial charge in [-0.2, -0.15) is 5.10 Å². The largest absolute Gasteiger partial charge is 0.388 e. The lowest BCUT2D eigenvalue weighted by atomic mass is 9.96. The van der Waals surface area contributed by atoms with Gasteiger partial charge in [-0.1, -0.05) is 12.8 Å². The van der Waals surface area contributed by atoms with E-state index in [1.807, 2.05) is 0 Å². The molecule has 1 saturated carbocycles. The first kappa shape index (κ1) is 19.4. The van der Waals surface area contributed by atoms with Crippen LogP contribution in [0.3, 0.4) is 0 Å². The number of rotatable bonds is 4. The summed E-state index contributed by atoms with van der Waals surface area (Å²) in [7, 11) is 0. The molecule has 1 aromatic heterocycles. The summed E-state index contributed by atoms with van der Waals surface area (Å²) in [5.74, 6) is 2.38. The lowest BCUT2D eigenvalue weighted by molar-refractivity contribution is 0.0571. The minimum Gasteiger partial charge on any atom is -0.388 e. The lowest BCUT2D eigenvalue weighted by Crippen LogP contribution is -2.46. The van der Waals surface area contributed by atoms with E-state index in [4.69, 9.17) is 4.99 Å². The lowest BCUT2D eigenvalue weighted by Gasteiger charge is -2.34. The van der Waals surface area contributed by atoms with Gasteiger partial charge in [-0.15, -0.1) is 24.0 Å². The van der Waals surface area contributed by atoms with E-state index in [0.29, 0.717) is 12.5 Å². The Bertz CT molecular complexity index is 507. The zero-order valence-electron chi connectivity index (χ0n) is 14.4. The number of H-pyrrole nitrogens is 1. The smallest absolute Gasteiger partial charge is 0.194 e. The molecule has 0 bridgehead atoms. The summed E-state index contributed by atoms with van der Waals surface area (Å²) >= 11 is 0. The van der Waals surface area contributed by atoms with Gasteiger partial charge in [0.1, 0.15) is 12.2 Å². The predicted octanol–water partition coefficient (Wildman–Crippen LogP) is 1.87. The van der Waals surface area contributed by atoms with E-state index in [1.165, 1.54) is 0 Å². The summed E-state index contributed by atoms with van der Waals surface area (Å²) in [5, 5.41) is 20.8. The maximum atomic E-state index is 10.5. The molecule has 2 aliphatic rings. The highest BCUT2D eigenvalue weighted by Crippen LogP contribution is 2.30. The van der Waals surface area contributed by atoms with E-state index in [1.54, 1.807) is 6.33 Å². The number of piperidine rings is 1. The van der Waals surface area contributed by atoms with Crippen LogP contribution in [-0.2, 0) is 0 Å². The minimum atomic E-state index is -0.584. The van der Waals surface area contributed by atoms with Crippen LogP contribution in [0.2, 0.25) is 0 Å². The van der Waals surface area contributed by atoms with Gasteiger partial charge in [0, 0.05) is 25.6 Å². The fourth-order valence-electron chi connectivity index (χ4n) is 3.62. The van der Waals surface area contributed by atoms with Gasteiger partial charge in [0.05, 0.1) is 12.1 Å². The monoisotopic (exact) mass is 448 g/mol. The van der Waals surface area contributed by atoms with E-state index in [2.05, 4.69) is 32.3 Å². The minimum absolute atomic E-state index is 0. The summed E-state index contributed by atoms with van der Waals surface area (Å²) in [6, 6.07) is 0. The first-order valence-electron chi connectivity index (χ1n) is 8.81. The number of likely N-dealkylation sites (tertiary alicyclic amines) is 1. The van der Waals surface area contributed by atoms with E-state index in [0.717, 1.165) is 69.9 Å². The Labute approximate surface area is 160 Å². The number of aromatic amines is 1. The summed E-state index contributed by atoms with van der Waals surface area (Å²) in [5.41, 5.74) is -0.584. The zero-order chi connectivity index (χ0) is 16.1. The van der Waals surface area contributed by atoms with Crippen LogP contribution in [0.15, 0.2) is 11.3 Å². The van der Waals surface area contributed by atoms with E-state index < -0.39 is 5.60 Å². The number of aromatic nitrogens is 3. The van der Waals surface area contributed by atoms with Crippen molar-refractivity contribution < 1.29 is 5.11 Å². The number of nitrogens with zero attached hydrogens (tertiary/aromatic N) is 4. The van der Waals surface area contributed by atoms with Crippen molar-refractivity contribution in [2.75, 3.05) is 26.2 Å². The molecule has 0 radical (unpaired) electrons. The molecule has 1 aliphatic heterocycles. The number of aliphatic hydroxyl groups is 1. The molecule has 1 saturated heterocycles. The molecule has 3 N–H and O–H groups in total. The Morgan fingerprint density at radius 3 is 2.71 bits per heavy atom. The highest BCUT2D eigenvalue weighted by atomic mass is 127. The van der Waals surface area contributed by atoms with Crippen molar-refractivity contribution in [3.63, 3.8) is 0 Å². The van der Waals surface area contributed by atoms with Gasteiger partial charge in [-0.25, -0.2) is 4.98 Å². The van der Waals surface area contributed by atoms with E-state index in [9.17, 15) is 5.11 Å². The third-order valence-electron chi connectivity index (χ3n) is 5.01. The predicted molar refractivity (Wildman–Crippen MR) is 105 cm³/mol. The number of hydrogen-bond acceptors (Lipinski definition) is 4. The summed E-state index contributed by atoms with van der Waals surface area (Å²) in [6.07, 6.45) is 7.66. The quantitative estimate of drug-likeness (QED) is 0.372. The van der Waals surface area contributed by atoms with Crippen LogP contribution in [0.5, 0.6) is 0 Å². The highest BCUT2D eigenvalue weighted by Gasteiger charge is 2.31. The normalized spacial score (nSPS) is 21.6. The van der Waals surface area contributed by atoms with Gasteiger partial charge >= 0.3 is 0 Å². The Balaban J connectivity index is 0.00000208. The highest BCUT2D eigenvalue weighted by molar-refractivity contribution is 14.0. The van der Waals surface area contributed by atoms with Gasteiger partial charge in [0.25, 0.3) is 0 Å². The van der Waals surface area contributed by atoms with Gasteiger partial charge in [-0.3, -0.25) is 10.1 Å². The molecule has 7 nitrogen and oxygen atoms in total. The summed E-state index contributed by atoms with van der Waals surface area (Å²) in [4.78, 5) is 11.3. The Morgan fingerprint density at radius 1 is 1.42 bits per heavy atom. The second kappa shape index (κ2) is 8.98. The molecular weight excluding hydrogens is 419 g/mol. The first-order chi connectivity index (χ1) is 11.2. The maximum absolute atomic E-state index is 10.5. The molecule has 0 aromatic carbocycles. The summed E-state index contributed by atoms with van der Waals surface area (Å²) in [6.45, 7) is 5.35. The average Bonchev–Trinajstić information content (AvgIpc) is 3.24. The van der Waals surface area contributed by atoms with Crippen molar-refractivity contribution in [1.29, 1.82) is 0 Å². The molecule has 2 fully saturated rings. The molecular formula is C16H29IN6O. The van der Waals surface area contributed by atoms with Crippen LogP contribution >= 0.6 is 24.0 Å². The average molecular weight is 448 g/mol. The standard InChI is InChI=1S/C16H28N6O.HI/c1-2-17-15(18-11-16(23)7-3-4-8-16)22-9-5-13(6-10-22)14-19-12-20-21-14;/h12-13,23H,2-11H2,1H3,(H,17,18)(H,19,20,21);1H. The van der Waals surface area contributed by atoms with E-state index in [-0.39, 0.29) is 24.0 Å². The van der Waals surface area contributed by atoms with Crippen molar-refractivity contribution in [2.45, 2.75) is 57.0 Å². The Morgan fingerprint density at radius 2 is 2.12 bits per heavy atom. The van der Waals surface area contributed by atoms with Gasteiger partial charge in [-0.05, 0) is 32.6 Å². The van der Waals surface area contributed by atoms with Crippen LogP contribution in [0.1, 0.15) is 57.2 Å². The molecule has 24 heavy (non-hydrogen) atoms. The van der Waals surface area contributed by atoms with Crippen LogP contribution < -0.4 is 5.32 Å². The van der Waals surface area contributed by atoms with E-state index >= 15 is 0 Å². The number of halogens is 1. The van der Waals surface area contributed by atoms with Crippen LogP contribution in [0.4, 0.5) is 0 Å². The van der Waals surface area contributed by atoms with Crippen LogP contribution in [-0.4, -0.2) is 62.9 Å². The Kier molecular flexibility index (Phi) is 7.27. The molecule has 0 spiro atoms. The van der Waals surface area contributed by atoms with Crippen LogP contribution in [0, 0.1) is 0 Å². The SMILES string of the molecule is CCNC(=NCC1(O)CCCC1)N1CCC(c2ncn[nH]2)CC1.I. The summed E-state index contributed by atoms with van der Waals surface area (Å²) < 4.78 is 0. The fraction of sp³-hybridized carbons (Fsp3) is 0.812. The maximum Gasteiger partial charge on any atom is 0.194 e. The van der Waals surface area contributed by atoms with Gasteiger partial charge in [0.2, 0.25) is 0 Å². The molecule has 0 atom stereocenters. The molecule has 1 aromatic rings. The molecule has 8 heteroatoms. The molecule has 3 rings (SSSR count). The molecule has 2 heterocycles. The third kappa shape index (κ3) is 4.81. The molecule has 0 amide bonds. The van der Waals surface area contributed by atoms with Crippen molar-refractivity contribution >= 4 is 29.9 Å². The first-order valence-corrected chi connectivity index (χ1v) is 8.81. The van der Waals surface area contributed by atoms with Crippen molar-refractivity contribution in [2.24, 2.45) is 4.99 Å². The molecule has 136 valence electrons. The third-order valence-corrected chi connectivity index (χ3v) is 5.01. The number of nitrogens with one attached hydrogen (secondary N) is 2. The molecule has 1 aliphatic carbocycles. The number of aliphatic imine (C=N–C) groups is 1. The van der Waals surface area contributed by atoms with Crippen molar-refractivity contribution in [3.05, 3.63) is 12.2 Å². The second-order valence-corrected chi connectivity index (χ2v) is 6.73. The zero-order valence-corrected chi connectivity index (χ0v) is 16.7. The molecule has 0 unspecified atom stereocenters. The number of guanidine groups is 1. The topological polar surface area (TPSA) is 89.4 Å². The van der Waals surface area contributed by atoms with Gasteiger partial charge < -0.3 is 15.3 Å². The second-order valence-electron chi connectivity index (χ2n) is 6.73. The van der Waals surface area contributed by atoms with Crippen molar-refractivity contribution in [1.82, 2.24) is 25.4 Å². The fourth-order valence-corrected chi connectivity index (χ4v) is 3.62. The van der Waals surface area contributed by atoms with Crippen LogP contribution in [0.25, 0.3) is 0 Å². The van der Waals surface area contributed by atoms with Crippen molar-refractivity contribution in [3.8, 4) is 0 Å². The van der Waals surface area contributed by atoms with Gasteiger partial charge in [0.15, 0.2) is 5.96 Å². The Hall–Kier alpha value is -0.900. The number of hydrogen-bond donors (Lipinski definition) is 3.